The Morgan fingerprint density at radius 1 is 0.875 bits per heavy atom. The lowest BCUT2D eigenvalue weighted by Gasteiger charge is -2.56. The van der Waals surface area contributed by atoms with Gasteiger partial charge in [0.25, 0.3) is 9.70 Å². The standard InChI is InChI=1S/C33H45Cl3N4O16/c1-18(41)52-17-22-25(53-19(2)42)26(54-20(3)43)24(44)29(55-22)32(47)27(39-31(46)33(34,35)36)30(51-14-13-49-12-11-48-10-9-38-40-37)56-23(28(32)45)16-50-15-21-7-5-4-6-8-21/h4-8,22-30,44-45,47H,9-17H2,1-3H3,(H,39,46)/t22-,23-,24-,25+,26-,27+,28-,29-,30-,32-/m1/s1. The van der Waals surface area contributed by atoms with E-state index in [0.717, 1.165) is 26.3 Å². The Morgan fingerprint density at radius 2 is 1.50 bits per heavy atom. The number of hydrogen-bond acceptors (Lipinski definition) is 17. The Hall–Kier alpha value is -3.08. The fraction of sp³-hybridized carbons (Fsp3) is 0.697. The number of benzene rings is 1. The van der Waals surface area contributed by atoms with Crippen molar-refractivity contribution in [1.82, 2.24) is 5.32 Å². The van der Waals surface area contributed by atoms with E-state index in [1.165, 1.54) is 0 Å². The quantitative estimate of drug-likeness (QED) is 0.0268. The van der Waals surface area contributed by atoms with Crippen molar-refractivity contribution in [3.8, 4) is 0 Å². The fourth-order valence-corrected chi connectivity index (χ4v) is 6.07. The molecule has 0 aliphatic carbocycles. The molecule has 1 aromatic rings. The van der Waals surface area contributed by atoms with E-state index in [4.69, 9.17) is 83.0 Å². The minimum atomic E-state index is -2.93. The predicted molar refractivity (Wildman–Crippen MR) is 192 cm³/mol. The molecule has 10 atom stereocenters. The van der Waals surface area contributed by atoms with Gasteiger partial charge >= 0.3 is 17.9 Å². The number of alkyl halides is 3. The van der Waals surface area contributed by atoms with Crippen LogP contribution in [-0.2, 0) is 68.4 Å². The fourth-order valence-electron chi connectivity index (χ4n) is 5.91. The van der Waals surface area contributed by atoms with Crippen molar-refractivity contribution >= 4 is 58.6 Å². The molecule has 0 bridgehead atoms. The van der Waals surface area contributed by atoms with Crippen molar-refractivity contribution in [3.05, 3.63) is 46.3 Å². The summed E-state index contributed by atoms with van der Waals surface area (Å²) in [6.45, 7) is 2.15. The zero-order valence-electron chi connectivity index (χ0n) is 30.6. The molecule has 2 fully saturated rings. The normalized spacial score (nSPS) is 29.1. The van der Waals surface area contributed by atoms with Crippen LogP contribution in [0.5, 0.6) is 0 Å². The molecule has 56 heavy (non-hydrogen) atoms. The second-order valence-electron chi connectivity index (χ2n) is 12.4. The van der Waals surface area contributed by atoms with Gasteiger partial charge in [0.1, 0.15) is 48.8 Å². The molecule has 1 aromatic carbocycles. The molecule has 2 aliphatic heterocycles. The van der Waals surface area contributed by atoms with Gasteiger partial charge in [-0.05, 0) is 11.1 Å². The number of rotatable bonds is 20. The largest absolute Gasteiger partial charge is 0.463 e. The third-order valence-electron chi connectivity index (χ3n) is 8.29. The van der Waals surface area contributed by atoms with Gasteiger partial charge in [0.15, 0.2) is 18.5 Å². The zero-order valence-corrected chi connectivity index (χ0v) is 32.8. The lowest BCUT2D eigenvalue weighted by atomic mass is 9.73. The molecule has 0 unspecified atom stereocenters. The number of nitrogens with zero attached hydrogens (tertiary/aromatic N) is 3. The van der Waals surface area contributed by atoms with E-state index >= 15 is 0 Å². The molecule has 20 nitrogen and oxygen atoms in total. The predicted octanol–water partition coefficient (Wildman–Crippen LogP) is 0.790. The van der Waals surface area contributed by atoms with E-state index in [1.54, 1.807) is 30.3 Å². The number of ether oxygens (including phenoxy) is 9. The van der Waals surface area contributed by atoms with E-state index in [2.05, 4.69) is 15.3 Å². The Balaban J connectivity index is 2.04. The average Bonchev–Trinajstić information content (AvgIpc) is 3.13. The summed E-state index contributed by atoms with van der Waals surface area (Å²) in [6, 6.07) is 6.94. The first kappa shape index (κ1) is 47.3. The Labute approximate surface area is 336 Å². The highest BCUT2D eigenvalue weighted by Gasteiger charge is 2.67. The molecule has 3 rings (SSSR count). The number of aliphatic hydroxyl groups is 3. The monoisotopic (exact) mass is 858 g/mol. The van der Waals surface area contributed by atoms with Crippen LogP contribution in [0.15, 0.2) is 35.4 Å². The van der Waals surface area contributed by atoms with E-state index in [0.29, 0.717) is 0 Å². The molecule has 0 aromatic heterocycles. The van der Waals surface area contributed by atoms with E-state index in [1.807, 2.05) is 0 Å². The van der Waals surface area contributed by atoms with Gasteiger partial charge in [0, 0.05) is 32.2 Å². The van der Waals surface area contributed by atoms with Gasteiger partial charge in [-0.2, -0.15) is 0 Å². The highest BCUT2D eigenvalue weighted by molar-refractivity contribution is 6.76. The second kappa shape index (κ2) is 22.8. The number of esters is 3. The van der Waals surface area contributed by atoms with E-state index < -0.39 is 101 Å². The van der Waals surface area contributed by atoms with Crippen LogP contribution < -0.4 is 5.32 Å². The van der Waals surface area contributed by atoms with Crippen LogP contribution in [-0.4, -0.2) is 156 Å². The zero-order chi connectivity index (χ0) is 41.5. The summed E-state index contributed by atoms with van der Waals surface area (Å²) in [5, 5.41) is 42.3. The van der Waals surface area contributed by atoms with Gasteiger partial charge < -0.3 is 63.3 Å². The number of hydrogen-bond donors (Lipinski definition) is 4. The number of carbonyl (C=O) groups is 4. The van der Waals surface area contributed by atoms with Crippen molar-refractivity contribution < 1.29 is 77.1 Å². The first-order valence-electron chi connectivity index (χ1n) is 17.1. The summed E-state index contributed by atoms with van der Waals surface area (Å²) >= 11 is 17.7. The highest BCUT2D eigenvalue weighted by atomic mass is 35.6. The Kier molecular flexibility index (Phi) is 19.2. The maximum Gasteiger partial charge on any atom is 0.303 e. The van der Waals surface area contributed by atoms with Crippen molar-refractivity contribution in [3.63, 3.8) is 0 Å². The lowest BCUT2D eigenvalue weighted by molar-refractivity contribution is -0.351. The first-order valence-corrected chi connectivity index (χ1v) is 18.3. The summed E-state index contributed by atoms with van der Waals surface area (Å²) in [6.07, 6.45) is -14.6. The first-order chi connectivity index (χ1) is 26.5. The third-order valence-corrected chi connectivity index (χ3v) is 8.81. The summed E-state index contributed by atoms with van der Waals surface area (Å²) in [7, 11) is 0. The van der Waals surface area contributed by atoms with Crippen molar-refractivity contribution in [2.45, 2.75) is 91.8 Å². The molecule has 2 aliphatic rings. The molecule has 314 valence electrons. The molecular formula is C33H45Cl3N4O16. The number of halogens is 3. The van der Waals surface area contributed by atoms with Crippen LogP contribution in [0.1, 0.15) is 26.3 Å². The maximum atomic E-state index is 13.2. The van der Waals surface area contributed by atoms with Crippen LogP contribution in [0.3, 0.4) is 0 Å². The van der Waals surface area contributed by atoms with Crippen LogP contribution >= 0.6 is 34.8 Å². The number of aliphatic hydroxyl groups excluding tert-OH is 2. The Bertz CT molecular complexity index is 1490. The van der Waals surface area contributed by atoms with Gasteiger partial charge in [-0.25, -0.2) is 0 Å². The van der Waals surface area contributed by atoms with E-state index in [-0.39, 0.29) is 46.2 Å². The summed E-state index contributed by atoms with van der Waals surface area (Å²) in [5.74, 6) is -4.00. The number of nitrogens with one attached hydrogen (secondary N) is 1. The molecule has 23 heteroatoms. The van der Waals surface area contributed by atoms with Gasteiger partial charge in [0.2, 0.25) is 0 Å². The molecule has 0 radical (unpaired) electrons. The number of carbonyl (C=O) groups excluding carboxylic acids is 4. The van der Waals surface area contributed by atoms with Gasteiger partial charge in [0.05, 0.1) is 46.2 Å². The topological polar surface area (TPSA) is 273 Å². The van der Waals surface area contributed by atoms with Crippen LogP contribution in [0.2, 0.25) is 0 Å². The summed E-state index contributed by atoms with van der Waals surface area (Å²) in [4.78, 5) is 52.2. The minimum Gasteiger partial charge on any atom is -0.463 e. The number of amides is 1. The van der Waals surface area contributed by atoms with Crippen molar-refractivity contribution in [2.75, 3.05) is 52.8 Å². The van der Waals surface area contributed by atoms with Crippen molar-refractivity contribution in [2.24, 2.45) is 5.11 Å². The third kappa shape index (κ3) is 13.8. The number of azide groups is 1. The van der Waals surface area contributed by atoms with Crippen LogP contribution in [0.4, 0.5) is 0 Å². The SMILES string of the molecule is CC(=O)OC[C@H]1O[C@@H]([C@]2(O)[C@H](O)[C@@H](COCc3ccccc3)O[C@@H](OCCOCCOCCN=[N+]=[N-])[C@@H]2NC(=O)C(Cl)(Cl)Cl)[C@H](O)[C@@H](OC(C)=O)[C@H]1OC(C)=O. The summed E-state index contributed by atoms with van der Waals surface area (Å²) < 4.78 is 47.9. The van der Waals surface area contributed by atoms with Gasteiger partial charge in [-0.1, -0.05) is 70.2 Å². The summed E-state index contributed by atoms with van der Waals surface area (Å²) in [5.41, 5.74) is 6.17. The van der Waals surface area contributed by atoms with Crippen LogP contribution in [0, 0.1) is 0 Å². The Morgan fingerprint density at radius 3 is 2.11 bits per heavy atom. The minimum absolute atomic E-state index is 0.0230. The molecule has 2 saturated heterocycles. The van der Waals surface area contributed by atoms with Crippen LogP contribution in [0.25, 0.3) is 10.4 Å². The highest BCUT2D eigenvalue weighted by Crippen LogP contribution is 2.41. The van der Waals surface area contributed by atoms with Gasteiger partial charge in [-0.3, -0.25) is 19.2 Å². The second-order valence-corrected chi connectivity index (χ2v) is 14.7. The maximum absolute atomic E-state index is 13.2. The molecule has 0 saturated carbocycles. The van der Waals surface area contributed by atoms with Crippen molar-refractivity contribution in [1.29, 1.82) is 0 Å². The lowest BCUT2D eigenvalue weighted by Crippen LogP contribution is -2.80. The molecular weight excluding hydrogens is 815 g/mol. The smallest absolute Gasteiger partial charge is 0.303 e. The molecule has 0 spiro atoms. The average molecular weight is 860 g/mol. The van der Waals surface area contributed by atoms with Gasteiger partial charge in [-0.15, -0.1) is 0 Å². The molecule has 1 amide bonds. The molecule has 4 N–H and O–H groups in total. The molecule has 2 heterocycles. The van der Waals surface area contributed by atoms with E-state index in [9.17, 15) is 34.5 Å².